The molecule has 0 unspecified atom stereocenters. The Labute approximate surface area is 106 Å². The van der Waals surface area contributed by atoms with E-state index in [4.69, 9.17) is 9.47 Å². The second-order valence-corrected chi connectivity index (χ2v) is 4.48. The second-order valence-electron chi connectivity index (χ2n) is 3.35. The maximum absolute atomic E-state index is 11.8. The summed E-state index contributed by atoms with van der Waals surface area (Å²) in [5.41, 5.74) is 0. The Kier molecular flexibility index (Phi) is 5.63. The molecule has 0 aliphatic rings. The molecule has 0 bridgehead atoms. The highest BCUT2D eigenvalue weighted by Crippen LogP contribution is 2.22. The fourth-order valence-corrected chi connectivity index (χ4v) is 2.00. The second kappa shape index (κ2) is 7.01. The van der Waals surface area contributed by atoms with Crippen molar-refractivity contribution in [2.45, 2.75) is 18.2 Å². The number of thioether (sulfide) groups is 1. The summed E-state index contributed by atoms with van der Waals surface area (Å²) in [6.07, 6.45) is 0.232. The van der Waals surface area contributed by atoms with E-state index in [9.17, 15) is 4.79 Å². The van der Waals surface area contributed by atoms with Crippen molar-refractivity contribution in [1.29, 1.82) is 0 Å². The molecule has 0 saturated heterocycles. The normalized spacial score (nSPS) is 11.7. The fourth-order valence-electron chi connectivity index (χ4n) is 1.24. The SMILES string of the molecule is CO/C(C)=C(\CC(=O)Sc1ccccc1)OC. The molecular weight excluding hydrogens is 236 g/mol. The van der Waals surface area contributed by atoms with Crippen LogP contribution in [-0.2, 0) is 14.3 Å². The number of hydrogen-bond acceptors (Lipinski definition) is 4. The highest BCUT2D eigenvalue weighted by molar-refractivity contribution is 8.13. The molecule has 0 aliphatic heterocycles. The lowest BCUT2D eigenvalue weighted by molar-refractivity contribution is -0.111. The Morgan fingerprint density at radius 1 is 1.18 bits per heavy atom. The van der Waals surface area contributed by atoms with Crippen molar-refractivity contribution in [2.24, 2.45) is 0 Å². The van der Waals surface area contributed by atoms with E-state index in [0.717, 1.165) is 4.90 Å². The van der Waals surface area contributed by atoms with Gasteiger partial charge in [0, 0.05) is 4.90 Å². The van der Waals surface area contributed by atoms with E-state index in [1.54, 1.807) is 14.0 Å². The number of allylic oxidation sites excluding steroid dienone is 2. The number of rotatable bonds is 5. The van der Waals surface area contributed by atoms with Crippen molar-refractivity contribution >= 4 is 16.9 Å². The van der Waals surface area contributed by atoms with Gasteiger partial charge >= 0.3 is 0 Å². The van der Waals surface area contributed by atoms with Gasteiger partial charge in [0.25, 0.3) is 0 Å². The van der Waals surface area contributed by atoms with E-state index < -0.39 is 0 Å². The maximum atomic E-state index is 11.8. The molecule has 0 saturated carbocycles. The number of hydrogen-bond donors (Lipinski definition) is 0. The fraction of sp³-hybridized carbons (Fsp3) is 0.308. The van der Waals surface area contributed by atoms with Crippen molar-refractivity contribution in [2.75, 3.05) is 14.2 Å². The third-order valence-corrected chi connectivity index (χ3v) is 3.10. The van der Waals surface area contributed by atoms with E-state index >= 15 is 0 Å². The van der Waals surface area contributed by atoms with Crippen LogP contribution in [-0.4, -0.2) is 19.3 Å². The smallest absolute Gasteiger partial charge is 0.201 e. The van der Waals surface area contributed by atoms with Crippen LogP contribution in [0.15, 0.2) is 46.7 Å². The molecule has 0 spiro atoms. The summed E-state index contributed by atoms with van der Waals surface area (Å²) in [6, 6.07) is 9.54. The van der Waals surface area contributed by atoms with Crippen LogP contribution in [0.5, 0.6) is 0 Å². The highest BCUT2D eigenvalue weighted by Gasteiger charge is 2.11. The van der Waals surface area contributed by atoms with Crippen LogP contribution in [0.3, 0.4) is 0 Å². The third kappa shape index (κ3) is 4.53. The van der Waals surface area contributed by atoms with Crippen LogP contribution in [0.2, 0.25) is 0 Å². The molecule has 0 fully saturated rings. The molecule has 4 heteroatoms. The summed E-state index contributed by atoms with van der Waals surface area (Å²) in [6.45, 7) is 1.78. The van der Waals surface area contributed by atoms with E-state index in [1.807, 2.05) is 30.3 Å². The van der Waals surface area contributed by atoms with Crippen LogP contribution in [0.1, 0.15) is 13.3 Å². The van der Waals surface area contributed by atoms with Crippen molar-refractivity contribution in [3.63, 3.8) is 0 Å². The summed E-state index contributed by atoms with van der Waals surface area (Å²) in [4.78, 5) is 12.7. The van der Waals surface area contributed by atoms with Gasteiger partial charge in [-0.25, -0.2) is 0 Å². The van der Waals surface area contributed by atoms with Gasteiger partial charge < -0.3 is 9.47 Å². The predicted octanol–water partition coefficient (Wildman–Crippen LogP) is 3.22. The van der Waals surface area contributed by atoms with E-state index in [1.165, 1.54) is 18.9 Å². The zero-order valence-electron chi connectivity index (χ0n) is 10.2. The van der Waals surface area contributed by atoms with Gasteiger partial charge in [-0.15, -0.1) is 0 Å². The molecule has 0 atom stereocenters. The van der Waals surface area contributed by atoms with Gasteiger partial charge in [-0.05, 0) is 19.1 Å². The van der Waals surface area contributed by atoms with E-state index in [2.05, 4.69) is 0 Å². The summed E-state index contributed by atoms with van der Waals surface area (Å²) >= 11 is 1.21. The quantitative estimate of drug-likeness (QED) is 0.595. The number of carbonyl (C=O) groups is 1. The Bertz CT molecular complexity index is 398. The molecule has 92 valence electrons. The first kappa shape index (κ1) is 13.6. The number of carbonyl (C=O) groups excluding carboxylic acids is 1. The molecule has 17 heavy (non-hydrogen) atoms. The number of ether oxygens (including phenoxy) is 2. The maximum Gasteiger partial charge on any atom is 0.201 e. The van der Waals surface area contributed by atoms with Gasteiger partial charge in [-0.2, -0.15) is 0 Å². The molecule has 0 aliphatic carbocycles. The van der Waals surface area contributed by atoms with Crippen LogP contribution >= 0.6 is 11.8 Å². The van der Waals surface area contributed by atoms with E-state index in [-0.39, 0.29) is 11.5 Å². The minimum Gasteiger partial charge on any atom is -0.498 e. The van der Waals surface area contributed by atoms with Crippen LogP contribution in [0.4, 0.5) is 0 Å². The average molecular weight is 252 g/mol. The zero-order valence-corrected chi connectivity index (χ0v) is 11.0. The van der Waals surface area contributed by atoms with Gasteiger partial charge in [0.2, 0.25) is 5.12 Å². The average Bonchev–Trinajstić information content (AvgIpc) is 2.36. The first-order valence-corrected chi connectivity index (χ1v) is 6.02. The molecular formula is C13H16O3S. The molecule has 3 nitrogen and oxygen atoms in total. The van der Waals surface area contributed by atoms with Gasteiger partial charge in [-0.1, -0.05) is 30.0 Å². The van der Waals surface area contributed by atoms with Crippen molar-refractivity contribution < 1.29 is 14.3 Å². The summed E-state index contributed by atoms with van der Waals surface area (Å²) < 4.78 is 10.2. The lowest BCUT2D eigenvalue weighted by Gasteiger charge is -2.09. The molecule has 0 N–H and O–H groups in total. The van der Waals surface area contributed by atoms with Crippen molar-refractivity contribution in [1.82, 2.24) is 0 Å². The first-order valence-electron chi connectivity index (χ1n) is 5.20. The monoisotopic (exact) mass is 252 g/mol. The molecule has 0 amide bonds. The van der Waals surface area contributed by atoms with Crippen molar-refractivity contribution in [3.8, 4) is 0 Å². The Morgan fingerprint density at radius 2 is 1.82 bits per heavy atom. The topological polar surface area (TPSA) is 35.5 Å². The standard InChI is InChI=1S/C13H16O3S/c1-10(15-2)12(16-3)9-13(14)17-11-7-5-4-6-8-11/h4-8H,9H2,1-3H3/b12-10+. The Balaban J connectivity index is 2.61. The number of benzene rings is 1. The Morgan fingerprint density at radius 3 is 2.35 bits per heavy atom. The minimum absolute atomic E-state index is 0.0319. The highest BCUT2D eigenvalue weighted by atomic mass is 32.2. The summed E-state index contributed by atoms with van der Waals surface area (Å²) in [5, 5.41) is 0.0319. The summed E-state index contributed by atoms with van der Waals surface area (Å²) in [7, 11) is 3.10. The number of methoxy groups -OCH3 is 2. The molecule has 1 aromatic rings. The first-order chi connectivity index (χ1) is 8.17. The molecule has 1 rings (SSSR count). The summed E-state index contributed by atoms with van der Waals surface area (Å²) in [5.74, 6) is 1.20. The van der Waals surface area contributed by atoms with Crippen molar-refractivity contribution in [3.05, 3.63) is 41.9 Å². The predicted molar refractivity (Wildman–Crippen MR) is 68.6 cm³/mol. The largest absolute Gasteiger partial charge is 0.498 e. The van der Waals surface area contributed by atoms with Crippen LogP contribution < -0.4 is 0 Å². The van der Waals surface area contributed by atoms with Crippen LogP contribution in [0, 0.1) is 0 Å². The molecule has 0 heterocycles. The third-order valence-electron chi connectivity index (χ3n) is 2.23. The van der Waals surface area contributed by atoms with Gasteiger partial charge in [-0.3, -0.25) is 4.79 Å². The zero-order chi connectivity index (χ0) is 12.7. The minimum atomic E-state index is 0.0319. The van der Waals surface area contributed by atoms with Gasteiger partial charge in [0.05, 0.1) is 20.6 Å². The lowest BCUT2D eigenvalue weighted by atomic mass is 10.3. The van der Waals surface area contributed by atoms with Gasteiger partial charge in [0.15, 0.2) is 0 Å². The lowest BCUT2D eigenvalue weighted by Crippen LogP contribution is -2.00. The Hall–Kier alpha value is -1.42. The van der Waals surface area contributed by atoms with Gasteiger partial charge in [0.1, 0.15) is 11.5 Å². The van der Waals surface area contributed by atoms with Crippen LogP contribution in [0.25, 0.3) is 0 Å². The molecule has 0 radical (unpaired) electrons. The van der Waals surface area contributed by atoms with E-state index in [0.29, 0.717) is 11.5 Å². The molecule has 0 aromatic heterocycles. The molecule has 1 aromatic carbocycles.